The highest BCUT2D eigenvalue weighted by Crippen LogP contribution is 2.35. The van der Waals surface area contributed by atoms with Crippen LogP contribution in [-0.2, 0) is 16.3 Å². The second-order valence-electron chi connectivity index (χ2n) is 5.24. The van der Waals surface area contributed by atoms with Gasteiger partial charge in [0, 0.05) is 25.6 Å². The van der Waals surface area contributed by atoms with Crippen LogP contribution in [0.4, 0.5) is 13.2 Å². The number of ether oxygens (including phenoxy) is 1. The third-order valence-corrected chi connectivity index (χ3v) is 4.10. The molecule has 0 atom stereocenters. The number of benzene rings is 1. The Morgan fingerprint density at radius 2 is 1.71 bits per heavy atom. The van der Waals surface area contributed by atoms with E-state index in [2.05, 4.69) is 5.32 Å². The summed E-state index contributed by atoms with van der Waals surface area (Å²) in [6, 6.07) is 5.69. The molecule has 1 N–H and O–H groups in total. The molecule has 120 valence electrons. The van der Waals surface area contributed by atoms with Crippen LogP contribution in [0.3, 0.4) is 0 Å². The van der Waals surface area contributed by atoms with Crippen molar-refractivity contribution < 1.29 is 17.9 Å². The third-order valence-electron chi connectivity index (χ3n) is 4.10. The minimum atomic E-state index is -4.30. The highest BCUT2D eigenvalue weighted by Gasteiger charge is 2.34. The first-order valence-corrected chi connectivity index (χ1v) is 7.27. The monoisotopic (exact) mass is 303 g/mol. The van der Waals surface area contributed by atoms with Crippen molar-refractivity contribution in [2.24, 2.45) is 0 Å². The Kier molecular flexibility index (Phi) is 6.68. The topological polar surface area (TPSA) is 21.3 Å². The van der Waals surface area contributed by atoms with Gasteiger partial charge in [0.2, 0.25) is 0 Å². The van der Waals surface area contributed by atoms with Crippen LogP contribution in [0.1, 0.15) is 37.8 Å². The lowest BCUT2D eigenvalue weighted by Gasteiger charge is -2.33. The second kappa shape index (κ2) is 7.80. The molecule has 0 amide bonds. The number of hydrogen-bond acceptors (Lipinski definition) is 2. The van der Waals surface area contributed by atoms with Crippen LogP contribution in [0.5, 0.6) is 0 Å². The van der Waals surface area contributed by atoms with Crippen molar-refractivity contribution in [3.63, 3.8) is 0 Å². The molecule has 5 heteroatoms. The Balaban J connectivity index is 2.99. The number of halogens is 3. The summed E-state index contributed by atoms with van der Waals surface area (Å²) < 4.78 is 43.6. The Morgan fingerprint density at radius 1 is 1.10 bits per heavy atom. The molecule has 0 aliphatic heterocycles. The third kappa shape index (κ3) is 4.71. The maximum atomic E-state index is 12.9. The zero-order valence-electron chi connectivity index (χ0n) is 12.9. The lowest BCUT2D eigenvalue weighted by Crippen LogP contribution is -2.38. The van der Waals surface area contributed by atoms with Gasteiger partial charge < -0.3 is 10.1 Å². The molecule has 21 heavy (non-hydrogen) atoms. The van der Waals surface area contributed by atoms with Crippen LogP contribution < -0.4 is 5.32 Å². The summed E-state index contributed by atoms with van der Waals surface area (Å²) in [6.45, 7) is 5.96. The predicted molar refractivity (Wildman–Crippen MR) is 78.4 cm³/mol. The molecule has 0 heterocycles. The van der Waals surface area contributed by atoms with E-state index in [1.807, 2.05) is 13.8 Å². The highest BCUT2D eigenvalue weighted by atomic mass is 19.4. The fourth-order valence-corrected chi connectivity index (χ4v) is 2.54. The van der Waals surface area contributed by atoms with E-state index in [1.165, 1.54) is 12.1 Å². The van der Waals surface area contributed by atoms with Crippen molar-refractivity contribution in [3.05, 3.63) is 35.4 Å². The summed E-state index contributed by atoms with van der Waals surface area (Å²) in [4.78, 5) is 0. The molecular formula is C16H24F3NO. The summed E-state index contributed by atoms with van der Waals surface area (Å²) in [7, 11) is 1.63. The molecule has 1 rings (SSSR count). The van der Waals surface area contributed by atoms with E-state index < -0.39 is 11.7 Å². The maximum Gasteiger partial charge on any atom is 0.416 e. The van der Waals surface area contributed by atoms with Gasteiger partial charge >= 0.3 is 6.18 Å². The molecule has 0 aliphatic rings. The molecule has 1 aromatic carbocycles. The molecule has 0 saturated carbocycles. The van der Waals surface area contributed by atoms with Gasteiger partial charge in [0.25, 0.3) is 0 Å². The molecule has 0 radical (unpaired) electrons. The van der Waals surface area contributed by atoms with Crippen molar-refractivity contribution in [1.82, 2.24) is 5.32 Å². The van der Waals surface area contributed by atoms with Gasteiger partial charge in [-0.3, -0.25) is 0 Å². The van der Waals surface area contributed by atoms with Gasteiger partial charge in [0.1, 0.15) is 0 Å². The molecule has 0 fully saturated rings. The Hall–Kier alpha value is -1.07. The first-order valence-electron chi connectivity index (χ1n) is 7.27. The van der Waals surface area contributed by atoms with E-state index in [0.29, 0.717) is 19.7 Å². The molecule has 0 bridgehead atoms. The molecule has 1 aromatic rings. The maximum absolute atomic E-state index is 12.9. The fourth-order valence-electron chi connectivity index (χ4n) is 2.54. The van der Waals surface area contributed by atoms with E-state index in [1.54, 1.807) is 13.2 Å². The highest BCUT2D eigenvalue weighted by molar-refractivity contribution is 5.32. The quantitative estimate of drug-likeness (QED) is 0.733. The second-order valence-corrected chi connectivity index (χ2v) is 5.24. The standard InChI is InChI=1S/C16H24F3NO/c1-4-15(5-2,12-20-9-10-21-3)13-7-6-8-14(11-13)16(17,18)19/h6-8,11,20H,4-5,9-10,12H2,1-3H3. The van der Waals surface area contributed by atoms with Gasteiger partial charge in [0.15, 0.2) is 0 Å². The fraction of sp³-hybridized carbons (Fsp3) is 0.625. The summed E-state index contributed by atoms with van der Waals surface area (Å²) in [6.07, 6.45) is -2.73. The lowest BCUT2D eigenvalue weighted by atomic mass is 9.75. The van der Waals surface area contributed by atoms with Gasteiger partial charge in [-0.1, -0.05) is 32.0 Å². The van der Waals surface area contributed by atoms with Crippen LogP contribution in [0.15, 0.2) is 24.3 Å². The minimum absolute atomic E-state index is 0.283. The zero-order chi connectivity index (χ0) is 15.9. The van der Waals surface area contributed by atoms with Crippen molar-refractivity contribution in [2.45, 2.75) is 38.3 Å². The van der Waals surface area contributed by atoms with E-state index in [-0.39, 0.29) is 5.41 Å². The van der Waals surface area contributed by atoms with Crippen LogP contribution in [0.25, 0.3) is 0 Å². The molecular weight excluding hydrogens is 279 g/mol. The minimum Gasteiger partial charge on any atom is -0.383 e. The average Bonchev–Trinajstić information content (AvgIpc) is 2.47. The van der Waals surface area contributed by atoms with Crippen molar-refractivity contribution in [1.29, 1.82) is 0 Å². The van der Waals surface area contributed by atoms with Crippen molar-refractivity contribution in [3.8, 4) is 0 Å². The molecule has 0 unspecified atom stereocenters. The molecule has 0 aliphatic carbocycles. The number of nitrogens with one attached hydrogen (secondary N) is 1. The number of rotatable bonds is 8. The van der Waals surface area contributed by atoms with Crippen molar-refractivity contribution in [2.75, 3.05) is 26.8 Å². The van der Waals surface area contributed by atoms with Crippen LogP contribution in [0.2, 0.25) is 0 Å². The summed E-state index contributed by atoms with van der Waals surface area (Å²) in [5.74, 6) is 0. The summed E-state index contributed by atoms with van der Waals surface area (Å²) in [5.41, 5.74) is -0.120. The Bertz CT molecular complexity index is 428. The lowest BCUT2D eigenvalue weighted by molar-refractivity contribution is -0.137. The van der Waals surface area contributed by atoms with E-state index in [4.69, 9.17) is 4.74 Å². The largest absolute Gasteiger partial charge is 0.416 e. The average molecular weight is 303 g/mol. The van der Waals surface area contributed by atoms with Crippen LogP contribution in [-0.4, -0.2) is 26.8 Å². The zero-order valence-corrected chi connectivity index (χ0v) is 12.9. The van der Waals surface area contributed by atoms with E-state index in [0.717, 1.165) is 24.5 Å². The summed E-state index contributed by atoms with van der Waals surface area (Å²) >= 11 is 0. The first kappa shape index (κ1) is 18.0. The summed E-state index contributed by atoms with van der Waals surface area (Å²) in [5, 5.41) is 3.28. The van der Waals surface area contributed by atoms with E-state index >= 15 is 0 Å². The van der Waals surface area contributed by atoms with Gasteiger partial charge in [0.05, 0.1) is 12.2 Å². The predicted octanol–water partition coefficient (Wildman–Crippen LogP) is 4.00. The van der Waals surface area contributed by atoms with Gasteiger partial charge in [-0.15, -0.1) is 0 Å². The molecule has 2 nitrogen and oxygen atoms in total. The Labute approximate surface area is 124 Å². The van der Waals surface area contributed by atoms with Gasteiger partial charge in [-0.2, -0.15) is 13.2 Å². The normalized spacial score (nSPS) is 12.7. The number of alkyl halides is 3. The van der Waals surface area contributed by atoms with Crippen LogP contribution >= 0.6 is 0 Å². The van der Waals surface area contributed by atoms with Crippen molar-refractivity contribution >= 4 is 0 Å². The molecule has 0 aromatic heterocycles. The first-order chi connectivity index (χ1) is 9.89. The van der Waals surface area contributed by atoms with Gasteiger partial charge in [-0.25, -0.2) is 0 Å². The molecule has 0 spiro atoms. The molecule has 0 saturated heterocycles. The smallest absolute Gasteiger partial charge is 0.383 e. The van der Waals surface area contributed by atoms with E-state index in [9.17, 15) is 13.2 Å². The van der Waals surface area contributed by atoms with Crippen LogP contribution in [0, 0.1) is 0 Å². The number of methoxy groups -OCH3 is 1. The number of hydrogen-bond donors (Lipinski definition) is 1. The SMILES string of the molecule is CCC(CC)(CNCCOC)c1cccc(C(F)(F)F)c1. The Morgan fingerprint density at radius 3 is 2.24 bits per heavy atom. The van der Waals surface area contributed by atoms with Gasteiger partial charge in [-0.05, 0) is 24.5 Å².